The van der Waals surface area contributed by atoms with Crippen molar-refractivity contribution >= 4 is 22.1 Å². The number of hydrogen-bond donors (Lipinski definition) is 1. The summed E-state index contributed by atoms with van der Waals surface area (Å²) in [6.45, 7) is 1.39. The molecule has 0 aliphatic carbocycles. The molecule has 0 amide bonds. The molecule has 0 radical (unpaired) electrons. The van der Waals surface area contributed by atoms with Gasteiger partial charge in [-0.3, -0.25) is 9.35 Å². The molecule has 0 aromatic heterocycles. The summed E-state index contributed by atoms with van der Waals surface area (Å²) in [7, 11) is -5.81. The van der Waals surface area contributed by atoms with Gasteiger partial charge in [0.1, 0.15) is 11.7 Å². The molecule has 23 heavy (non-hydrogen) atoms. The van der Waals surface area contributed by atoms with E-state index in [2.05, 4.69) is 16.1 Å². The van der Waals surface area contributed by atoms with Gasteiger partial charge in [0.2, 0.25) is 0 Å². The van der Waals surface area contributed by atoms with E-state index in [4.69, 9.17) is 4.55 Å². The van der Waals surface area contributed by atoms with Crippen LogP contribution in [0.1, 0.15) is 13.3 Å². The standard InChI is InChI=1S/C10H11F5O7S/c1-5(22-8(17)6(2)10(13,14)15)3-7(16)21-4-9(11,12)23(18,19)20/h5H,2-4H2,1H3,(H,18,19,20). The number of ether oxygens (including phenoxy) is 2. The first-order valence-corrected chi connectivity index (χ1v) is 6.99. The minimum absolute atomic E-state index is 0.932. The lowest BCUT2D eigenvalue weighted by Gasteiger charge is -2.16. The maximum absolute atomic E-state index is 12.7. The number of rotatable bonds is 7. The van der Waals surface area contributed by atoms with E-state index in [1.807, 2.05) is 0 Å². The Labute approximate surface area is 126 Å². The molecule has 0 bridgehead atoms. The van der Waals surface area contributed by atoms with E-state index in [0.717, 1.165) is 6.92 Å². The fraction of sp³-hybridized carbons (Fsp3) is 0.600. The van der Waals surface area contributed by atoms with Crippen molar-refractivity contribution in [1.29, 1.82) is 0 Å². The molecule has 0 saturated heterocycles. The molecule has 0 aromatic rings. The summed E-state index contributed by atoms with van der Waals surface area (Å²) >= 11 is 0. The largest absolute Gasteiger partial charge is 0.458 e. The highest BCUT2D eigenvalue weighted by Gasteiger charge is 2.45. The van der Waals surface area contributed by atoms with Gasteiger partial charge < -0.3 is 9.47 Å². The fourth-order valence-corrected chi connectivity index (χ4v) is 1.15. The van der Waals surface area contributed by atoms with Crippen LogP contribution in [0.2, 0.25) is 0 Å². The topological polar surface area (TPSA) is 107 Å². The summed E-state index contributed by atoms with van der Waals surface area (Å²) in [5.74, 6) is -3.37. The van der Waals surface area contributed by atoms with E-state index in [1.165, 1.54) is 0 Å². The van der Waals surface area contributed by atoms with Crippen molar-refractivity contribution in [3.8, 4) is 0 Å². The third kappa shape index (κ3) is 6.90. The summed E-state index contributed by atoms with van der Waals surface area (Å²) in [4.78, 5) is 22.1. The Bertz CT molecular complexity index is 581. The minimum atomic E-state index is -5.81. The van der Waals surface area contributed by atoms with Crippen LogP contribution in [0.4, 0.5) is 22.0 Å². The van der Waals surface area contributed by atoms with Crippen molar-refractivity contribution < 1.29 is 54.0 Å². The zero-order valence-corrected chi connectivity index (χ0v) is 12.2. The molecule has 0 aliphatic heterocycles. The Kier molecular flexibility index (Phi) is 6.66. The molecule has 0 spiro atoms. The van der Waals surface area contributed by atoms with Crippen molar-refractivity contribution in [3.05, 3.63) is 12.2 Å². The summed E-state index contributed by atoms with van der Waals surface area (Å²) in [6.07, 6.45) is -7.47. The zero-order valence-electron chi connectivity index (χ0n) is 11.4. The number of carbonyl (C=O) groups is 2. The molecule has 1 atom stereocenters. The summed E-state index contributed by atoms with van der Waals surface area (Å²) < 4.78 is 98.5. The second kappa shape index (κ2) is 7.21. The zero-order chi connectivity index (χ0) is 18.6. The van der Waals surface area contributed by atoms with Crippen LogP contribution < -0.4 is 0 Å². The highest BCUT2D eigenvalue weighted by Crippen LogP contribution is 2.25. The third-order valence-corrected chi connectivity index (χ3v) is 3.00. The first kappa shape index (κ1) is 21.2. The van der Waals surface area contributed by atoms with Crippen LogP contribution in [0.15, 0.2) is 12.2 Å². The number of halogens is 5. The molecular formula is C10H11F5O7S. The molecule has 1 unspecified atom stereocenters. The van der Waals surface area contributed by atoms with E-state index in [-0.39, 0.29) is 0 Å². The average Bonchev–Trinajstić information content (AvgIpc) is 2.32. The van der Waals surface area contributed by atoms with Gasteiger partial charge in [-0.25, -0.2) is 4.79 Å². The molecule has 1 N–H and O–H groups in total. The van der Waals surface area contributed by atoms with Crippen molar-refractivity contribution in [3.63, 3.8) is 0 Å². The molecule has 0 heterocycles. The van der Waals surface area contributed by atoms with Gasteiger partial charge in [0.25, 0.3) is 0 Å². The van der Waals surface area contributed by atoms with Gasteiger partial charge >= 0.3 is 33.5 Å². The Morgan fingerprint density at radius 2 is 1.70 bits per heavy atom. The van der Waals surface area contributed by atoms with Crippen LogP contribution in [-0.4, -0.2) is 49.1 Å². The van der Waals surface area contributed by atoms with Crippen LogP contribution in [0.3, 0.4) is 0 Å². The number of esters is 2. The molecule has 0 rings (SSSR count). The molecule has 134 valence electrons. The van der Waals surface area contributed by atoms with Crippen molar-refractivity contribution in [2.45, 2.75) is 30.9 Å². The Hall–Kier alpha value is -1.76. The monoisotopic (exact) mass is 370 g/mol. The maximum Gasteiger partial charge on any atom is 0.422 e. The van der Waals surface area contributed by atoms with Crippen LogP contribution in [0.25, 0.3) is 0 Å². The quantitative estimate of drug-likeness (QED) is 0.313. The van der Waals surface area contributed by atoms with E-state index in [1.54, 1.807) is 0 Å². The van der Waals surface area contributed by atoms with E-state index >= 15 is 0 Å². The lowest BCUT2D eigenvalue weighted by atomic mass is 10.2. The Balaban J connectivity index is 4.48. The van der Waals surface area contributed by atoms with Crippen molar-refractivity contribution in [2.24, 2.45) is 0 Å². The second-order valence-electron chi connectivity index (χ2n) is 4.17. The summed E-state index contributed by atoms with van der Waals surface area (Å²) in [5.41, 5.74) is -1.84. The molecule has 0 fully saturated rings. The van der Waals surface area contributed by atoms with Gasteiger partial charge in [-0.15, -0.1) is 0 Å². The molecule has 7 nitrogen and oxygen atoms in total. The van der Waals surface area contributed by atoms with Crippen LogP contribution >= 0.6 is 0 Å². The normalized spacial score (nSPS) is 14.0. The van der Waals surface area contributed by atoms with Gasteiger partial charge in [0.05, 0.1) is 6.42 Å². The predicted molar refractivity (Wildman–Crippen MR) is 62.8 cm³/mol. The lowest BCUT2D eigenvalue weighted by Crippen LogP contribution is -2.35. The van der Waals surface area contributed by atoms with Crippen molar-refractivity contribution in [2.75, 3.05) is 6.61 Å². The molecular weight excluding hydrogens is 359 g/mol. The molecule has 0 saturated carbocycles. The number of carbonyl (C=O) groups excluding carboxylic acids is 2. The van der Waals surface area contributed by atoms with Crippen LogP contribution in [0, 0.1) is 0 Å². The van der Waals surface area contributed by atoms with Crippen LogP contribution in [0.5, 0.6) is 0 Å². The SMILES string of the molecule is C=C(C(=O)OC(C)CC(=O)OCC(F)(F)S(=O)(=O)O)C(F)(F)F. The summed E-state index contributed by atoms with van der Waals surface area (Å²) in [6, 6.07) is 0. The smallest absolute Gasteiger partial charge is 0.422 e. The van der Waals surface area contributed by atoms with Gasteiger partial charge in [0.15, 0.2) is 6.61 Å². The van der Waals surface area contributed by atoms with E-state index < -0.39 is 58.2 Å². The fourth-order valence-electron chi connectivity index (χ4n) is 0.944. The minimum Gasteiger partial charge on any atom is -0.458 e. The molecule has 13 heteroatoms. The number of hydrogen-bond acceptors (Lipinski definition) is 6. The van der Waals surface area contributed by atoms with Gasteiger partial charge in [-0.05, 0) is 6.92 Å². The highest BCUT2D eigenvalue weighted by atomic mass is 32.2. The summed E-state index contributed by atoms with van der Waals surface area (Å²) in [5, 5.41) is -4.76. The Morgan fingerprint density at radius 3 is 2.09 bits per heavy atom. The molecule has 0 aromatic carbocycles. The molecule has 0 aliphatic rings. The average molecular weight is 370 g/mol. The second-order valence-corrected chi connectivity index (χ2v) is 5.72. The highest BCUT2D eigenvalue weighted by molar-refractivity contribution is 7.86. The lowest BCUT2D eigenvalue weighted by molar-refractivity contribution is -0.159. The number of alkyl halides is 5. The first-order valence-electron chi connectivity index (χ1n) is 5.55. The first-order chi connectivity index (χ1) is 10.1. The maximum atomic E-state index is 12.7. The third-order valence-electron chi connectivity index (χ3n) is 2.13. The van der Waals surface area contributed by atoms with Crippen LogP contribution in [-0.2, 0) is 29.2 Å². The van der Waals surface area contributed by atoms with Gasteiger partial charge in [-0.2, -0.15) is 30.4 Å². The van der Waals surface area contributed by atoms with E-state index in [9.17, 15) is 40.0 Å². The Morgan fingerprint density at radius 1 is 1.22 bits per heavy atom. The van der Waals surface area contributed by atoms with Gasteiger partial charge in [-0.1, -0.05) is 6.58 Å². The van der Waals surface area contributed by atoms with Crippen molar-refractivity contribution in [1.82, 2.24) is 0 Å². The van der Waals surface area contributed by atoms with E-state index in [0.29, 0.717) is 0 Å². The predicted octanol–water partition coefficient (Wildman–Crippen LogP) is 1.45. The van der Waals surface area contributed by atoms with Gasteiger partial charge in [0, 0.05) is 0 Å².